The van der Waals surface area contributed by atoms with Gasteiger partial charge in [-0.2, -0.15) is 16.8 Å². The van der Waals surface area contributed by atoms with Crippen molar-refractivity contribution in [3.05, 3.63) is 0 Å². The Morgan fingerprint density at radius 2 is 0.780 bits per heavy atom. The van der Waals surface area contributed by atoms with E-state index in [0.717, 1.165) is 51.4 Å². The Kier molecular flexibility index (Phi) is 17.3. The predicted octanol–water partition coefficient (Wildman–Crippen LogP) is 7.26. The predicted molar refractivity (Wildman–Crippen MR) is 196 cm³/mol. The summed E-state index contributed by atoms with van der Waals surface area (Å²) in [5, 5.41) is 0. The summed E-state index contributed by atoms with van der Waals surface area (Å²) in [6.45, 7) is 8.44. The van der Waals surface area contributed by atoms with Crippen molar-refractivity contribution in [2.45, 2.75) is 201 Å². The third kappa shape index (κ3) is 8.63. The molecule has 0 bridgehead atoms. The molecule has 4 aliphatic rings. The fourth-order valence-corrected chi connectivity index (χ4v) is 11.2. The summed E-state index contributed by atoms with van der Waals surface area (Å²) < 4.78 is 103. The molecule has 6 unspecified atom stereocenters. The minimum atomic E-state index is -4.69. The second-order valence-corrected chi connectivity index (χ2v) is 19.2. The molecule has 0 aliphatic carbocycles. The molecule has 4 aliphatic heterocycles. The first-order valence-electron chi connectivity index (χ1n) is 19.4. The third-order valence-corrected chi connectivity index (χ3v) is 15.9. The third-order valence-electron chi connectivity index (χ3n) is 12.6. The van der Waals surface area contributed by atoms with Gasteiger partial charge in [0.15, 0.2) is 0 Å². The Balaban J connectivity index is 0.00000676. The van der Waals surface area contributed by atoms with Gasteiger partial charge < -0.3 is 23.7 Å². The van der Waals surface area contributed by atoms with Crippen LogP contribution < -0.4 is 0 Å². The number of unbranched alkanes of at least 4 members (excludes halogenated alkanes) is 14. The van der Waals surface area contributed by atoms with Gasteiger partial charge >= 0.3 is 51.4 Å². The molecule has 0 saturated carbocycles. The van der Waals surface area contributed by atoms with Crippen LogP contribution in [0, 0.1) is 0 Å². The first-order valence-corrected chi connectivity index (χ1v) is 22.2. The van der Waals surface area contributed by atoms with Crippen LogP contribution in [0.4, 0.5) is 0 Å². The topological polar surface area (TPSA) is 155 Å². The molecule has 11 nitrogen and oxygen atoms in total. The quantitative estimate of drug-likeness (QED) is 0.0518. The minimum absolute atomic E-state index is 0. The maximum atomic E-state index is 13.4. The Labute approximate surface area is 345 Å². The van der Waals surface area contributed by atoms with E-state index in [1.165, 1.54) is 52.4 Å². The van der Waals surface area contributed by atoms with Crippen LogP contribution in [0.5, 0.6) is 0 Å². The second-order valence-electron chi connectivity index (χ2n) is 15.5. The zero-order chi connectivity index (χ0) is 35.9. The standard InChI is InChI=1S/C36H66O11S2.K.H/c1-5-7-9-11-13-15-17-19-21-31(3,48(37,38)39)33(23-27-43-33)35(25-29-45-35)47-36(26-30-46-36)34(24-28-44-34)32(4,49(40,41)42)22-20-18-16-14-12-10-8-6-2;;/h5-30H2,1-4H3,(H,37,38,39)(H,40,41,42);;. The van der Waals surface area contributed by atoms with Crippen molar-refractivity contribution in [2.75, 3.05) is 26.4 Å². The van der Waals surface area contributed by atoms with Gasteiger partial charge in [-0.05, 0) is 26.7 Å². The zero-order valence-electron chi connectivity index (χ0n) is 30.8. The molecular weight excluding hydrogens is 712 g/mol. The van der Waals surface area contributed by atoms with Crippen LogP contribution in [0.15, 0.2) is 0 Å². The zero-order valence-corrected chi connectivity index (χ0v) is 32.4. The van der Waals surface area contributed by atoms with E-state index in [-0.39, 0.29) is 116 Å². The maximum absolute atomic E-state index is 13.4. The summed E-state index contributed by atoms with van der Waals surface area (Å²) >= 11 is 0. The fourth-order valence-electron chi connectivity index (χ4n) is 8.93. The van der Waals surface area contributed by atoms with E-state index in [2.05, 4.69) is 13.8 Å². The molecule has 290 valence electrons. The van der Waals surface area contributed by atoms with Crippen LogP contribution in [0.1, 0.15) is 169 Å². The summed E-state index contributed by atoms with van der Waals surface area (Å²) in [6, 6.07) is 0. The summed E-state index contributed by atoms with van der Waals surface area (Å²) in [6.07, 6.45) is 17.7. The number of ether oxygens (including phenoxy) is 5. The van der Waals surface area contributed by atoms with Crippen molar-refractivity contribution in [3.8, 4) is 0 Å². The first kappa shape index (κ1) is 45.6. The monoisotopic (exact) mass is 778 g/mol. The number of rotatable bonds is 26. The van der Waals surface area contributed by atoms with E-state index in [9.17, 15) is 25.9 Å². The summed E-state index contributed by atoms with van der Waals surface area (Å²) in [7, 11) is -9.38. The van der Waals surface area contributed by atoms with E-state index < -0.39 is 52.5 Å². The van der Waals surface area contributed by atoms with Gasteiger partial charge in [-0.3, -0.25) is 9.11 Å². The van der Waals surface area contributed by atoms with Crippen molar-refractivity contribution >= 4 is 71.6 Å². The van der Waals surface area contributed by atoms with E-state index in [4.69, 9.17) is 23.7 Å². The van der Waals surface area contributed by atoms with Crippen molar-refractivity contribution in [1.29, 1.82) is 0 Å². The van der Waals surface area contributed by atoms with Gasteiger partial charge in [0.1, 0.15) is 20.7 Å². The van der Waals surface area contributed by atoms with Gasteiger partial charge in [-0.25, -0.2) is 0 Å². The molecule has 0 spiro atoms. The van der Waals surface area contributed by atoms with E-state index >= 15 is 0 Å². The van der Waals surface area contributed by atoms with Crippen molar-refractivity contribution in [2.24, 2.45) is 0 Å². The van der Waals surface area contributed by atoms with E-state index in [1.54, 1.807) is 0 Å². The van der Waals surface area contributed by atoms with Gasteiger partial charge in [-0.15, -0.1) is 0 Å². The summed E-state index contributed by atoms with van der Waals surface area (Å²) in [4.78, 5) is 0. The van der Waals surface area contributed by atoms with Crippen molar-refractivity contribution in [3.63, 3.8) is 0 Å². The van der Waals surface area contributed by atoms with Crippen molar-refractivity contribution < 1.29 is 49.6 Å². The number of hydrogen-bond donors (Lipinski definition) is 2. The summed E-state index contributed by atoms with van der Waals surface area (Å²) in [5.74, 6) is -3.28. The van der Waals surface area contributed by atoms with E-state index in [0.29, 0.717) is 12.8 Å². The molecule has 0 radical (unpaired) electrons. The van der Waals surface area contributed by atoms with Crippen LogP contribution in [0.2, 0.25) is 0 Å². The molecule has 4 heterocycles. The first-order chi connectivity index (χ1) is 23.2. The Bertz CT molecular complexity index is 1160. The molecule has 4 fully saturated rings. The normalized spacial score (nSPS) is 32.0. The molecule has 6 atom stereocenters. The molecule has 14 heteroatoms. The molecular formula is C36H67KO11S2. The molecule has 2 N–H and O–H groups in total. The average Bonchev–Trinajstić information content (AvgIpc) is 2.94. The van der Waals surface area contributed by atoms with Crippen LogP contribution in [-0.2, 0) is 43.9 Å². The molecule has 50 heavy (non-hydrogen) atoms. The van der Waals surface area contributed by atoms with Gasteiger partial charge in [0.05, 0.1) is 26.4 Å². The van der Waals surface area contributed by atoms with Crippen LogP contribution in [0.25, 0.3) is 0 Å². The van der Waals surface area contributed by atoms with Crippen LogP contribution >= 0.6 is 0 Å². The Morgan fingerprint density at radius 3 is 0.980 bits per heavy atom. The average molecular weight is 779 g/mol. The fraction of sp³-hybridized carbons (Fsp3) is 1.00. The van der Waals surface area contributed by atoms with Crippen LogP contribution in [-0.4, -0.2) is 136 Å². The summed E-state index contributed by atoms with van der Waals surface area (Å²) in [5.41, 5.74) is -3.12. The van der Waals surface area contributed by atoms with E-state index in [1.807, 2.05) is 0 Å². The number of hydrogen-bond acceptors (Lipinski definition) is 9. The molecule has 4 saturated heterocycles. The molecule has 0 amide bonds. The molecule has 0 aromatic carbocycles. The van der Waals surface area contributed by atoms with Gasteiger partial charge in [0, 0.05) is 25.7 Å². The second kappa shape index (κ2) is 18.9. The Morgan fingerprint density at radius 1 is 0.520 bits per heavy atom. The molecule has 0 aromatic rings. The Hall–Kier alpha value is 1.26. The van der Waals surface area contributed by atoms with Gasteiger partial charge in [0.25, 0.3) is 20.2 Å². The molecule has 0 aromatic heterocycles. The van der Waals surface area contributed by atoms with Gasteiger partial charge in [-0.1, -0.05) is 117 Å². The van der Waals surface area contributed by atoms with Crippen LogP contribution in [0.3, 0.4) is 0 Å². The molecule has 4 rings (SSSR count). The SMILES string of the molecule is CCCCCCCCCCC(C)(C1(C2(OC3(C4(C(C)(CCCCCCCCCC)S(=O)(=O)O)CCO4)CCO3)CCO2)CCO1)S(=O)(=O)O.[KH]. The van der Waals surface area contributed by atoms with Crippen molar-refractivity contribution in [1.82, 2.24) is 0 Å². The van der Waals surface area contributed by atoms with Gasteiger partial charge in [0.2, 0.25) is 11.6 Å².